The van der Waals surface area contributed by atoms with E-state index in [9.17, 15) is 9.59 Å². The molecule has 1 fully saturated rings. The van der Waals surface area contributed by atoms with Crippen molar-refractivity contribution >= 4 is 11.7 Å². The number of carbonyl (C=O) groups is 2. The van der Waals surface area contributed by atoms with Gasteiger partial charge in [-0.25, -0.2) is 0 Å². The highest BCUT2D eigenvalue weighted by atomic mass is 16.2. The maximum absolute atomic E-state index is 12.1. The first-order chi connectivity index (χ1) is 15.1. The smallest absolute Gasteiger partial charge is 0.290 e. The minimum atomic E-state index is -0.266. The van der Waals surface area contributed by atoms with Crippen molar-refractivity contribution in [1.29, 1.82) is 0 Å². The monoisotopic (exact) mass is 433 g/mol. The largest absolute Gasteiger partial charge is 0.329 e. The van der Waals surface area contributed by atoms with Crippen LogP contribution in [0.4, 0.5) is 0 Å². The fourth-order valence-electron chi connectivity index (χ4n) is 4.77. The first-order valence-corrected chi connectivity index (χ1v) is 13.6. The summed E-state index contributed by atoms with van der Waals surface area (Å²) < 4.78 is 0. The molecule has 1 atom stereocenters. The van der Waals surface area contributed by atoms with Crippen molar-refractivity contribution in [3.05, 3.63) is 11.6 Å². The Hall–Kier alpha value is -1.12. The lowest BCUT2D eigenvalue weighted by molar-refractivity contribution is -0.140. The van der Waals surface area contributed by atoms with Gasteiger partial charge in [-0.15, -0.1) is 0 Å². The van der Waals surface area contributed by atoms with Crippen LogP contribution in [-0.4, -0.2) is 29.2 Å². The summed E-state index contributed by atoms with van der Waals surface area (Å²) in [5.74, 6) is -0.477. The summed E-state index contributed by atoms with van der Waals surface area (Å²) in [6.07, 6.45) is 26.9. The predicted molar refractivity (Wildman–Crippen MR) is 133 cm³/mol. The second kappa shape index (κ2) is 18.5. The lowest BCUT2D eigenvalue weighted by Gasteiger charge is -2.28. The van der Waals surface area contributed by atoms with Crippen LogP contribution in [-0.2, 0) is 9.59 Å². The third-order valence-corrected chi connectivity index (χ3v) is 7.02. The Balaban J connectivity index is 1.94. The Labute approximate surface area is 193 Å². The number of ketones is 1. The van der Waals surface area contributed by atoms with Crippen molar-refractivity contribution in [3.63, 3.8) is 0 Å². The van der Waals surface area contributed by atoms with Crippen LogP contribution in [0, 0.1) is 0 Å². The number of allylic oxidation sites excluding steroid dienone is 1. The number of rotatable bonds is 20. The molecule has 1 aliphatic heterocycles. The Morgan fingerprint density at radius 2 is 1.19 bits per heavy atom. The first-order valence-electron chi connectivity index (χ1n) is 13.6. The zero-order valence-electron chi connectivity index (χ0n) is 21.1. The lowest BCUT2D eigenvalue weighted by atomic mass is 9.98. The van der Waals surface area contributed by atoms with E-state index in [0.717, 1.165) is 12.8 Å². The van der Waals surface area contributed by atoms with Crippen LogP contribution in [0.3, 0.4) is 0 Å². The Morgan fingerprint density at radius 1 is 0.774 bits per heavy atom. The van der Waals surface area contributed by atoms with Gasteiger partial charge in [0.15, 0.2) is 0 Å². The molecule has 1 heterocycles. The van der Waals surface area contributed by atoms with Gasteiger partial charge in [-0.3, -0.25) is 9.59 Å². The summed E-state index contributed by atoms with van der Waals surface area (Å²) >= 11 is 0. The van der Waals surface area contributed by atoms with Crippen molar-refractivity contribution in [2.75, 3.05) is 6.54 Å². The maximum atomic E-state index is 12.1. The highest BCUT2D eigenvalue weighted by Gasteiger charge is 2.34. The highest BCUT2D eigenvalue weighted by molar-refractivity contribution is 6.38. The molecule has 1 aliphatic rings. The molecule has 31 heavy (non-hydrogen) atoms. The number of likely N-dealkylation sites (tertiary alicyclic amines) is 1. The van der Waals surface area contributed by atoms with Crippen molar-refractivity contribution in [1.82, 2.24) is 4.90 Å². The third kappa shape index (κ3) is 12.5. The molecule has 0 radical (unpaired) electrons. The standard InChI is InChI=1S/C28H51NO2/c1-4-6-7-8-9-10-11-12-13-14-15-16-17-18-19-20-21-22-26(25(3)5-2)29-24-23-27(30)28(29)31/h5,26H,4,6-24H2,1-3H3. The lowest BCUT2D eigenvalue weighted by Crippen LogP contribution is -2.38. The second-order valence-electron chi connectivity index (χ2n) is 9.67. The molecule has 1 saturated heterocycles. The molecule has 1 unspecified atom stereocenters. The summed E-state index contributed by atoms with van der Waals surface area (Å²) in [6, 6.07) is 0.125. The summed E-state index contributed by atoms with van der Waals surface area (Å²) in [4.78, 5) is 25.5. The first kappa shape index (κ1) is 27.9. The minimum Gasteiger partial charge on any atom is -0.329 e. The summed E-state index contributed by atoms with van der Waals surface area (Å²) in [6.45, 7) is 7.01. The number of nitrogens with zero attached hydrogens (tertiary/aromatic N) is 1. The van der Waals surface area contributed by atoms with E-state index in [0.29, 0.717) is 13.0 Å². The average molecular weight is 434 g/mol. The van der Waals surface area contributed by atoms with Gasteiger partial charge < -0.3 is 4.90 Å². The van der Waals surface area contributed by atoms with E-state index in [1.54, 1.807) is 0 Å². The quantitative estimate of drug-likeness (QED) is 0.110. The Morgan fingerprint density at radius 3 is 1.55 bits per heavy atom. The Kier molecular flexibility index (Phi) is 16.6. The molecule has 3 nitrogen and oxygen atoms in total. The molecule has 0 aromatic rings. The second-order valence-corrected chi connectivity index (χ2v) is 9.67. The van der Waals surface area contributed by atoms with Gasteiger partial charge in [-0.1, -0.05) is 128 Å². The number of amides is 1. The topological polar surface area (TPSA) is 37.4 Å². The predicted octanol–water partition coefficient (Wildman–Crippen LogP) is 8.16. The van der Waals surface area contributed by atoms with Crippen LogP contribution in [0.1, 0.15) is 143 Å². The van der Waals surface area contributed by atoms with Gasteiger partial charge >= 0.3 is 0 Å². The van der Waals surface area contributed by atoms with Gasteiger partial charge in [0.1, 0.15) is 0 Å². The minimum absolute atomic E-state index is 0.125. The van der Waals surface area contributed by atoms with Crippen LogP contribution in [0.15, 0.2) is 11.6 Å². The van der Waals surface area contributed by atoms with E-state index in [4.69, 9.17) is 0 Å². The molecule has 0 bridgehead atoms. The normalized spacial score (nSPS) is 15.8. The summed E-state index contributed by atoms with van der Waals surface area (Å²) in [5, 5.41) is 0. The van der Waals surface area contributed by atoms with Crippen LogP contribution in [0.5, 0.6) is 0 Å². The molecule has 180 valence electrons. The van der Waals surface area contributed by atoms with E-state index in [1.165, 1.54) is 108 Å². The van der Waals surface area contributed by atoms with E-state index in [2.05, 4.69) is 19.9 Å². The number of hydrogen-bond donors (Lipinski definition) is 0. The van der Waals surface area contributed by atoms with Gasteiger partial charge in [0.05, 0.1) is 6.04 Å². The van der Waals surface area contributed by atoms with Gasteiger partial charge in [0.2, 0.25) is 5.78 Å². The molecule has 1 rings (SSSR count). The zero-order chi connectivity index (χ0) is 22.7. The van der Waals surface area contributed by atoms with E-state index < -0.39 is 0 Å². The Bertz CT molecular complexity index is 511. The van der Waals surface area contributed by atoms with Crippen LogP contribution < -0.4 is 0 Å². The van der Waals surface area contributed by atoms with Crippen molar-refractivity contribution in [3.8, 4) is 0 Å². The number of unbranched alkanes of at least 4 members (excludes halogenated alkanes) is 16. The molecule has 0 N–H and O–H groups in total. The van der Waals surface area contributed by atoms with Crippen LogP contribution in [0.25, 0.3) is 0 Å². The highest BCUT2D eigenvalue weighted by Crippen LogP contribution is 2.23. The van der Waals surface area contributed by atoms with E-state index in [-0.39, 0.29) is 17.7 Å². The zero-order valence-corrected chi connectivity index (χ0v) is 21.1. The molecule has 3 heteroatoms. The number of Topliss-reactive ketones (excluding diaryl/α,β-unsaturated/α-hetero) is 1. The van der Waals surface area contributed by atoms with Gasteiger partial charge in [0, 0.05) is 13.0 Å². The molecule has 0 aromatic heterocycles. The fourth-order valence-corrected chi connectivity index (χ4v) is 4.77. The SMILES string of the molecule is CC=C(C)C(CCCCCCCCCCCCCCCCCCC)N1CCC(=O)C1=O. The van der Waals surface area contributed by atoms with Crippen molar-refractivity contribution < 1.29 is 9.59 Å². The molecule has 0 spiro atoms. The van der Waals surface area contributed by atoms with Crippen LogP contribution >= 0.6 is 0 Å². The molecule has 0 saturated carbocycles. The van der Waals surface area contributed by atoms with Crippen molar-refractivity contribution in [2.45, 2.75) is 149 Å². The van der Waals surface area contributed by atoms with E-state index >= 15 is 0 Å². The molecule has 0 aromatic carbocycles. The van der Waals surface area contributed by atoms with Gasteiger partial charge in [-0.05, 0) is 20.3 Å². The van der Waals surface area contributed by atoms with Gasteiger partial charge in [0.25, 0.3) is 5.91 Å². The maximum Gasteiger partial charge on any atom is 0.290 e. The summed E-state index contributed by atoms with van der Waals surface area (Å²) in [5.41, 5.74) is 1.22. The van der Waals surface area contributed by atoms with Gasteiger partial charge in [-0.2, -0.15) is 0 Å². The fraction of sp³-hybridized carbons (Fsp3) is 0.857. The molecular weight excluding hydrogens is 382 g/mol. The third-order valence-electron chi connectivity index (χ3n) is 7.02. The molecular formula is C28H51NO2. The van der Waals surface area contributed by atoms with Crippen LogP contribution in [0.2, 0.25) is 0 Å². The average Bonchev–Trinajstić information content (AvgIpc) is 3.10. The van der Waals surface area contributed by atoms with E-state index in [1.807, 2.05) is 11.8 Å². The number of hydrogen-bond acceptors (Lipinski definition) is 2. The molecule has 0 aliphatic carbocycles. The number of carbonyl (C=O) groups excluding carboxylic acids is 2. The molecule has 1 amide bonds. The van der Waals surface area contributed by atoms with Crippen molar-refractivity contribution in [2.24, 2.45) is 0 Å². The summed E-state index contributed by atoms with van der Waals surface area (Å²) in [7, 11) is 0.